The number of hydrogen-bond donors (Lipinski definition) is 1. The highest BCUT2D eigenvalue weighted by Gasteiger charge is 2.07. The first-order valence-electron chi connectivity index (χ1n) is 6.41. The van der Waals surface area contributed by atoms with E-state index in [-0.39, 0.29) is 6.04 Å². The van der Waals surface area contributed by atoms with Crippen LogP contribution in [-0.4, -0.2) is 7.11 Å². The van der Waals surface area contributed by atoms with Crippen molar-refractivity contribution in [2.75, 3.05) is 7.11 Å². The summed E-state index contributed by atoms with van der Waals surface area (Å²) in [5.74, 6) is 0.879. The van der Waals surface area contributed by atoms with E-state index in [0.717, 1.165) is 21.8 Å². The molecule has 0 unspecified atom stereocenters. The summed E-state index contributed by atoms with van der Waals surface area (Å²) in [5, 5.41) is 4.24. The Morgan fingerprint density at radius 3 is 2.75 bits per heavy atom. The van der Waals surface area contributed by atoms with Crippen LogP contribution in [-0.2, 0) is 6.54 Å². The number of methoxy groups -OCH3 is 1. The number of hydrogen-bond acceptors (Lipinski definition) is 2. The molecular weight excluding hydrogens is 338 g/mol. The standard InChI is InChI=1S/C16H17BrClNO/c1-11(12-4-3-5-15(8-12)20-2)19-10-13-6-7-14(18)9-16(13)17/h3-9,11,19H,10H2,1-2H3/t11-/m0/s1. The molecule has 0 aliphatic carbocycles. The van der Waals surface area contributed by atoms with E-state index in [2.05, 4.69) is 40.3 Å². The average molecular weight is 355 g/mol. The van der Waals surface area contributed by atoms with Crippen molar-refractivity contribution in [2.24, 2.45) is 0 Å². The van der Waals surface area contributed by atoms with Gasteiger partial charge in [-0.25, -0.2) is 0 Å². The predicted octanol–water partition coefficient (Wildman–Crippen LogP) is 4.96. The van der Waals surface area contributed by atoms with E-state index in [9.17, 15) is 0 Å². The van der Waals surface area contributed by atoms with E-state index in [1.807, 2.05) is 30.3 Å². The van der Waals surface area contributed by atoms with Crippen LogP contribution >= 0.6 is 27.5 Å². The predicted molar refractivity (Wildman–Crippen MR) is 87.4 cm³/mol. The van der Waals surface area contributed by atoms with Crippen LogP contribution in [0.4, 0.5) is 0 Å². The summed E-state index contributed by atoms with van der Waals surface area (Å²) in [6.45, 7) is 2.91. The van der Waals surface area contributed by atoms with Crippen LogP contribution in [0.5, 0.6) is 5.75 Å². The third kappa shape index (κ3) is 3.98. The summed E-state index contributed by atoms with van der Waals surface area (Å²) in [4.78, 5) is 0. The van der Waals surface area contributed by atoms with Crippen LogP contribution in [0.1, 0.15) is 24.1 Å². The molecule has 2 aromatic carbocycles. The second-order valence-corrected chi connectivity index (χ2v) is 5.91. The molecular formula is C16H17BrClNO. The molecule has 0 amide bonds. The summed E-state index contributed by atoms with van der Waals surface area (Å²) < 4.78 is 6.27. The molecule has 0 bridgehead atoms. The normalized spacial score (nSPS) is 12.2. The van der Waals surface area contributed by atoms with Crippen molar-refractivity contribution in [1.29, 1.82) is 0 Å². The molecule has 0 heterocycles. The van der Waals surface area contributed by atoms with Gasteiger partial charge in [-0.3, -0.25) is 0 Å². The van der Waals surface area contributed by atoms with E-state index in [1.165, 1.54) is 11.1 Å². The summed E-state index contributed by atoms with van der Waals surface area (Å²) in [7, 11) is 1.68. The lowest BCUT2D eigenvalue weighted by molar-refractivity contribution is 0.413. The molecule has 0 radical (unpaired) electrons. The van der Waals surface area contributed by atoms with Crippen molar-refractivity contribution < 1.29 is 4.74 Å². The minimum absolute atomic E-state index is 0.243. The fraction of sp³-hybridized carbons (Fsp3) is 0.250. The average Bonchev–Trinajstić information content (AvgIpc) is 2.46. The van der Waals surface area contributed by atoms with Crippen LogP contribution in [0.25, 0.3) is 0 Å². The molecule has 0 aromatic heterocycles. The van der Waals surface area contributed by atoms with Gasteiger partial charge in [0.15, 0.2) is 0 Å². The number of halogens is 2. The molecule has 2 aromatic rings. The van der Waals surface area contributed by atoms with Gasteiger partial charge in [-0.1, -0.05) is 45.7 Å². The second-order valence-electron chi connectivity index (χ2n) is 4.61. The molecule has 0 spiro atoms. The SMILES string of the molecule is COc1cccc([C@H](C)NCc2ccc(Cl)cc2Br)c1. The zero-order valence-electron chi connectivity index (χ0n) is 11.5. The van der Waals surface area contributed by atoms with Gasteiger partial charge in [-0.05, 0) is 42.3 Å². The third-order valence-corrected chi connectivity index (χ3v) is 4.18. The molecule has 0 saturated carbocycles. The number of benzene rings is 2. The Labute approximate surface area is 133 Å². The van der Waals surface area contributed by atoms with Crippen molar-refractivity contribution in [2.45, 2.75) is 19.5 Å². The Bertz CT molecular complexity index is 588. The van der Waals surface area contributed by atoms with Crippen molar-refractivity contribution in [3.63, 3.8) is 0 Å². The molecule has 1 atom stereocenters. The third-order valence-electron chi connectivity index (χ3n) is 3.21. The molecule has 0 saturated heterocycles. The highest BCUT2D eigenvalue weighted by atomic mass is 79.9. The molecule has 20 heavy (non-hydrogen) atoms. The smallest absolute Gasteiger partial charge is 0.119 e. The van der Waals surface area contributed by atoms with Gasteiger partial charge >= 0.3 is 0 Å². The molecule has 0 fully saturated rings. The van der Waals surface area contributed by atoms with Crippen molar-refractivity contribution >= 4 is 27.5 Å². The monoisotopic (exact) mass is 353 g/mol. The van der Waals surface area contributed by atoms with Gasteiger partial charge in [-0.15, -0.1) is 0 Å². The molecule has 1 N–H and O–H groups in total. The van der Waals surface area contributed by atoms with Crippen molar-refractivity contribution in [3.05, 3.63) is 63.1 Å². The lowest BCUT2D eigenvalue weighted by Crippen LogP contribution is -2.18. The van der Waals surface area contributed by atoms with E-state index in [4.69, 9.17) is 16.3 Å². The summed E-state index contributed by atoms with van der Waals surface area (Å²) in [5.41, 5.74) is 2.39. The van der Waals surface area contributed by atoms with Gasteiger partial charge in [0.2, 0.25) is 0 Å². The van der Waals surface area contributed by atoms with Crippen molar-refractivity contribution in [1.82, 2.24) is 5.32 Å². The molecule has 0 aliphatic rings. The summed E-state index contributed by atoms with van der Waals surface area (Å²) in [6.07, 6.45) is 0. The van der Waals surface area contributed by atoms with Gasteiger partial charge < -0.3 is 10.1 Å². The zero-order chi connectivity index (χ0) is 14.5. The highest BCUT2D eigenvalue weighted by molar-refractivity contribution is 9.10. The Morgan fingerprint density at radius 1 is 1.25 bits per heavy atom. The minimum Gasteiger partial charge on any atom is -0.497 e. The highest BCUT2D eigenvalue weighted by Crippen LogP contribution is 2.23. The van der Waals surface area contributed by atoms with E-state index < -0.39 is 0 Å². The Kier molecular flexibility index (Phi) is 5.46. The first kappa shape index (κ1) is 15.4. The van der Waals surface area contributed by atoms with Crippen molar-refractivity contribution in [3.8, 4) is 5.75 Å². The van der Waals surface area contributed by atoms with Gasteiger partial charge in [-0.2, -0.15) is 0 Å². The first-order valence-corrected chi connectivity index (χ1v) is 7.58. The Balaban J connectivity index is 2.02. The van der Waals surface area contributed by atoms with E-state index in [0.29, 0.717) is 0 Å². The quantitative estimate of drug-likeness (QED) is 0.819. The fourth-order valence-electron chi connectivity index (χ4n) is 1.96. The topological polar surface area (TPSA) is 21.3 Å². The second kappa shape index (κ2) is 7.11. The van der Waals surface area contributed by atoms with Crippen LogP contribution in [0.2, 0.25) is 5.02 Å². The van der Waals surface area contributed by atoms with E-state index >= 15 is 0 Å². The Morgan fingerprint density at radius 2 is 2.05 bits per heavy atom. The van der Waals surface area contributed by atoms with Gasteiger partial charge in [0.05, 0.1) is 7.11 Å². The fourth-order valence-corrected chi connectivity index (χ4v) is 2.78. The molecule has 106 valence electrons. The molecule has 2 rings (SSSR count). The van der Waals surface area contributed by atoms with Crippen LogP contribution < -0.4 is 10.1 Å². The van der Waals surface area contributed by atoms with Crippen LogP contribution in [0, 0.1) is 0 Å². The lowest BCUT2D eigenvalue weighted by Gasteiger charge is -2.16. The maximum absolute atomic E-state index is 5.94. The minimum atomic E-state index is 0.243. The Hall–Kier alpha value is -1.03. The zero-order valence-corrected chi connectivity index (χ0v) is 13.8. The number of rotatable bonds is 5. The molecule has 4 heteroatoms. The number of ether oxygens (including phenoxy) is 1. The van der Waals surface area contributed by atoms with Gasteiger partial charge in [0, 0.05) is 22.1 Å². The number of nitrogens with one attached hydrogen (secondary N) is 1. The molecule has 0 aliphatic heterocycles. The maximum atomic E-state index is 5.94. The van der Waals surface area contributed by atoms with Crippen LogP contribution in [0.3, 0.4) is 0 Å². The maximum Gasteiger partial charge on any atom is 0.119 e. The largest absolute Gasteiger partial charge is 0.497 e. The summed E-state index contributed by atoms with van der Waals surface area (Å²) in [6, 6.07) is 14.2. The molecule has 2 nitrogen and oxygen atoms in total. The summed E-state index contributed by atoms with van der Waals surface area (Å²) >= 11 is 9.48. The van der Waals surface area contributed by atoms with Gasteiger partial charge in [0.25, 0.3) is 0 Å². The lowest BCUT2D eigenvalue weighted by atomic mass is 10.1. The van der Waals surface area contributed by atoms with E-state index in [1.54, 1.807) is 7.11 Å². The van der Waals surface area contributed by atoms with Crippen LogP contribution in [0.15, 0.2) is 46.9 Å². The van der Waals surface area contributed by atoms with Gasteiger partial charge in [0.1, 0.15) is 5.75 Å². The first-order chi connectivity index (χ1) is 9.60.